The quantitative estimate of drug-likeness (QED) is 0.526. The Morgan fingerprint density at radius 1 is 0.906 bits per heavy atom. The highest BCUT2D eigenvalue weighted by molar-refractivity contribution is 5.76. The predicted octanol–water partition coefficient (Wildman–Crippen LogP) is 5.67. The zero-order valence-corrected chi connectivity index (χ0v) is 17.7. The molecule has 0 saturated carbocycles. The van der Waals surface area contributed by atoms with Gasteiger partial charge in [0.25, 0.3) is 0 Å². The fourth-order valence-electron chi connectivity index (χ4n) is 4.31. The van der Waals surface area contributed by atoms with Crippen molar-refractivity contribution in [1.82, 2.24) is 4.90 Å². The van der Waals surface area contributed by atoms with Gasteiger partial charge in [-0.1, -0.05) is 72.8 Å². The topological polar surface area (TPSA) is 48.0 Å². The van der Waals surface area contributed by atoms with Crippen LogP contribution >= 0.6 is 0 Å². The predicted molar refractivity (Wildman–Crippen MR) is 122 cm³/mol. The molecule has 5 heteroatoms. The lowest BCUT2D eigenvalue weighted by molar-refractivity contribution is -0.0342. The van der Waals surface area contributed by atoms with Gasteiger partial charge >= 0.3 is 6.09 Å². The molecule has 1 saturated heterocycles. The molecule has 0 radical (unpaired) electrons. The van der Waals surface area contributed by atoms with Crippen molar-refractivity contribution < 1.29 is 19.0 Å². The van der Waals surface area contributed by atoms with Gasteiger partial charge < -0.3 is 14.2 Å². The number of hydrogen-bond acceptors (Lipinski definition) is 4. The summed E-state index contributed by atoms with van der Waals surface area (Å²) in [6, 6.07) is 27.3. The first-order valence-electron chi connectivity index (χ1n) is 10.9. The van der Waals surface area contributed by atoms with Gasteiger partial charge in [-0.05, 0) is 35.8 Å². The lowest BCUT2D eigenvalue weighted by atomic mass is 9.89. The molecule has 3 aromatic carbocycles. The number of fused-ring (bicyclic) bond motifs is 2. The van der Waals surface area contributed by atoms with Crippen LogP contribution in [0.3, 0.4) is 0 Å². The van der Waals surface area contributed by atoms with E-state index in [1.807, 2.05) is 83.8 Å². The average molecular weight is 428 g/mol. The highest BCUT2D eigenvalue weighted by atomic mass is 16.6. The molecule has 5 rings (SSSR count). The van der Waals surface area contributed by atoms with E-state index >= 15 is 0 Å². The van der Waals surface area contributed by atoms with E-state index in [4.69, 9.17) is 14.2 Å². The Labute approximate surface area is 187 Å². The number of rotatable bonds is 5. The van der Waals surface area contributed by atoms with Crippen molar-refractivity contribution in [2.45, 2.75) is 25.1 Å². The fourth-order valence-corrected chi connectivity index (χ4v) is 4.31. The number of ether oxygens (including phenoxy) is 3. The van der Waals surface area contributed by atoms with Gasteiger partial charge in [0.05, 0.1) is 25.3 Å². The van der Waals surface area contributed by atoms with Crippen LogP contribution in [0, 0.1) is 0 Å². The van der Waals surface area contributed by atoms with Crippen molar-refractivity contribution in [3.05, 3.63) is 102 Å². The average Bonchev–Trinajstić information content (AvgIpc) is 2.83. The number of carbonyl (C=O) groups excluding carboxylic acids is 1. The largest absolute Gasteiger partial charge is 0.457 e. The van der Waals surface area contributed by atoms with E-state index in [-0.39, 0.29) is 24.8 Å². The van der Waals surface area contributed by atoms with Crippen LogP contribution in [0.4, 0.5) is 4.79 Å². The van der Waals surface area contributed by atoms with Crippen molar-refractivity contribution >= 4 is 11.7 Å². The van der Waals surface area contributed by atoms with E-state index in [9.17, 15) is 4.79 Å². The standard InChI is InChI=1S/C27H25NO4/c29-27(31-17-20-9-3-1-4-10-20)28-22-15-21(16-23(28)19-30-18-22)25-13-7-8-14-26(25)32-24-11-5-2-6-12-24/h1-15,22-23H,16-19H2. The van der Waals surface area contributed by atoms with Crippen LogP contribution in [-0.2, 0) is 16.1 Å². The molecular weight excluding hydrogens is 402 g/mol. The molecule has 0 aliphatic carbocycles. The Balaban J connectivity index is 1.36. The number of nitrogens with zero attached hydrogens (tertiary/aromatic N) is 1. The molecule has 1 amide bonds. The molecule has 162 valence electrons. The molecule has 32 heavy (non-hydrogen) atoms. The number of para-hydroxylation sites is 2. The summed E-state index contributed by atoms with van der Waals surface area (Å²) in [6.45, 7) is 1.22. The van der Waals surface area contributed by atoms with Gasteiger partial charge in [0, 0.05) is 5.56 Å². The van der Waals surface area contributed by atoms with Crippen LogP contribution in [0.2, 0.25) is 0 Å². The monoisotopic (exact) mass is 427 g/mol. The summed E-state index contributed by atoms with van der Waals surface area (Å²) in [5, 5.41) is 0. The third-order valence-corrected chi connectivity index (χ3v) is 5.82. The first kappa shape index (κ1) is 20.3. The molecule has 0 spiro atoms. The number of hydrogen-bond donors (Lipinski definition) is 0. The summed E-state index contributed by atoms with van der Waals surface area (Å²) in [6.07, 6.45) is 2.51. The van der Waals surface area contributed by atoms with Gasteiger partial charge in [-0.15, -0.1) is 0 Å². The Morgan fingerprint density at radius 3 is 2.41 bits per heavy atom. The van der Waals surface area contributed by atoms with E-state index in [0.717, 1.165) is 22.6 Å². The second-order valence-electron chi connectivity index (χ2n) is 8.01. The van der Waals surface area contributed by atoms with Crippen LogP contribution < -0.4 is 4.74 Å². The van der Waals surface area contributed by atoms with Crippen molar-refractivity contribution in [1.29, 1.82) is 0 Å². The minimum absolute atomic E-state index is 0.0678. The highest BCUT2D eigenvalue weighted by Gasteiger charge is 2.39. The maximum atomic E-state index is 12.9. The lowest BCUT2D eigenvalue weighted by Crippen LogP contribution is -2.56. The van der Waals surface area contributed by atoms with Crippen molar-refractivity contribution in [3.8, 4) is 11.5 Å². The third kappa shape index (κ3) is 4.39. The Hall–Kier alpha value is -3.57. The third-order valence-electron chi connectivity index (χ3n) is 5.82. The number of morpholine rings is 1. The minimum atomic E-state index is -0.295. The molecule has 5 nitrogen and oxygen atoms in total. The smallest absolute Gasteiger partial charge is 0.411 e. The van der Waals surface area contributed by atoms with E-state index in [1.165, 1.54) is 5.57 Å². The maximum Gasteiger partial charge on any atom is 0.411 e. The fraction of sp³-hybridized carbons (Fsp3) is 0.222. The summed E-state index contributed by atoms with van der Waals surface area (Å²) in [5.41, 5.74) is 3.19. The maximum absolute atomic E-state index is 12.9. The van der Waals surface area contributed by atoms with E-state index in [2.05, 4.69) is 12.1 Å². The van der Waals surface area contributed by atoms with Gasteiger partial charge in [0.2, 0.25) is 0 Å². The van der Waals surface area contributed by atoms with Crippen LogP contribution in [-0.4, -0.2) is 36.3 Å². The first-order chi connectivity index (χ1) is 15.8. The number of amides is 1. The number of benzene rings is 3. The normalized spacial score (nSPS) is 19.8. The molecule has 2 aliphatic rings. The SMILES string of the molecule is O=C(OCc1ccccc1)N1C2C=C(c3ccccc3Oc3ccccc3)CC1COC2. The summed E-state index contributed by atoms with van der Waals surface area (Å²) in [5.74, 6) is 1.61. The van der Waals surface area contributed by atoms with Crippen molar-refractivity contribution in [2.24, 2.45) is 0 Å². The molecule has 2 heterocycles. The van der Waals surface area contributed by atoms with E-state index in [1.54, 1.807) is 0 Å². The second kappa shape index (κ2) is 9.28. The van der Waals surface area contributed by atoms with Crippen LogP contribution in [0.15, 0.2) is 91.0 Å². The molecule has 0 aromatic heterocycles. The second-order valence-corrected chi connectivity index (χ2v) is 8.01. The van der Waals surface area contributed by atoms with Crippen LogP contribution in [0.5, 0.6) is 11.5 Å². The number of carbonyl (C=O) groups is 1. The van der Waals surface area contributed by atoms with E-state index < -0.39 is 0 Å². The zero-order chi connectivity index (χ0) is 21.8. The molecule has 1 fully saturated rings. The first-order valence-corrected chi connectivity index (χ1v) is 10.9. The molecule has 2 atom stereocenters. The Kier molecular flexibility index (Phi) is 5.90. The molecule has 2 bridgehead atoms. The van der Waals surface area contributed by atoms with E-state index in [0.29, 0.717) is 19.6 Å². The molecule has 2 aliphatic heterocycles. The zero-order valence-electron chi connectivity index (χ0n) is 17.7. The van der Waals surface area contributed by atoms with Crippen LogP contribution in [0.25, 0.3) is 5.57 Å². The van der Waals surface area contributed by atoms with Crippen molar-refractivity contribution in [2.75, 3.05) is 13.2 Å². The Bertz CT molecular complexity index is 1100. The van der Waals surface area contributed by atoms with Crippen molar-refractivity contribution in [3.63, 3.8) is 0 Å². The molecule has 2 unspecified atom stereocenters. The lowest BCUT2D eigenvalue weighted by Gasteiger charge is -2.43. The van der Waals surface area contributed by atoms with Gasteiger partial charge in [0.15, 0.2) is 0 Å². The van der Waals surface area contributed by atoms with Gasteiger partial charge in [-0.2, -0.15) is 0 Å². The van der Waals surface area contributed by atoms with Gasteiger partial charge in [-0.3, -0.25) is 4.90 Å². The minimum Gasteiger partial charge on any atom is -0.457 e. The van der Waals surface area contributed by atoms with Gasteiger partial charge in [0.1, 0.15) is 18.1 Å². The summed E-state index contributed by atoms with van der Waals surface area (Å²) in [4.78, 5) is 14.8. The molecule has 0 N–H and O–H groups in total. The van der Waals surface area contributed by atoms with Gasteiger partial charge in [-0.25, -0.2) is 4.79 Å². The summed E-state index contributed by atoms with van der Waals surface area (Å²) < 4.78 is 17.6. The molecular formula is C27H25NO4. The molecule has 3 aromatic rings. The summed E-state index contributed by atoms with van der Waals surface area (Å²) in [7, 11) is 0. The highest BCUT2D eigenvalue weighted by Crippen LogP contribution is 2.38. The summed E-state index contributed by atoms with van der Waals surface area (Å²) >= 11 is 0. The Morgan fingerprint density at radius 2 is 1.62 bits per heavy atom. The van der Waals surface area contributed by atoms with Crippen LogP contribution in [0.1, 0.15) is 17.5 Å².